The van der Waals surface area contributed by atoms with Crippen LogP contribution in [0.25, 0.3) is 0 Å². The van der Waals surface area contributed by atoms with Crippen molar-refractivity contribution < 1.29 is 28.0 Å². The lowest BCUT2D eigenvalue weighted by Crippen LogP contribution is -2.26. The third-order valence-corrected chi connectivity index (χ3v) is 4.67. The summed E-state index contributed by atoms with van der Waals surface area (Å²) in [5.74, 6) is -1.98. The molecule has 2 N–H and O–H groups in total. The molecule has 0 aliphatic carbocycles. The minimum Gasteiger partial charge on any atom is -0.364 e. The number of oxime groups is 1. The first kappa shape index (κ1) is 19.0. The van der Waals surface area contributed by atoms with Crippen LogP contribution in [0.1, 0.15) is 29.8 Å². The van der Waals surface area contributed by atoms with E-state index in [0.29, 0.717) is 5.56 Å². The fourth-order valence-electron chi connectivity index (χ4n) is 1.67. The van der Waals surface area contributed by atoms with Gasteiger partial charge in [-0.15, -0.1) is 0 Å². The average molecular weight is 342 g/mol. The monoisotopic (exact) mass is 342 g/mol. The molecule has 0 bridgehead atoms. The van der Waals surface area contributed by atoms with Gasteiger partial charge in [0.15, 0.2) is 0 Å². The van der Waals surface area contributed by atoms with Crippen molar-refractivity contribution in [3.05, 3.63) is 35.4 Å². The van der Waals surface area contributed by atoms with Crippen molar-refractivity contribution in [1.82, 2.24) is 0 Å². The lowest BCUT2D eigenvalue weighted by atomic mass is 10.1. The molecule has 1 aromatic rings. The van der Waals surface area contributed by atoms with Gasteiger partial charge < -0.3 is 19.6 Å². The molecule has 1 amide bonds. The fourth-order valence-corrected chi connectivity index (χ4v) is 3.07. The van der Waals surface area contributed by atoms with Crippen molar-refractivity contribution in [2.24, 2.45) is 10.9 Å². The number of hydrogen-bond acceptors (Lipinski definition) is 7. The third kappa shape index (κ3) is 4.99. The molecule has 9 heteroatoms. The molecule has 0 heterocycles. The van der Waals surface area contributed by atoms with Gasteiger partial charge >= 0.3 is 13.6 Å². The van der Waals surface area contributed by atoms with E-state index in [1.54, 1.807) is 39.0 Å². The second-order valence-electron chi connectivity index (χ2n) is 4.31. The highest BCUT2D eigenvalue weighted by Gasteiger charge is 2.37. The molecule has 23 heavy (non-hydrogen) atoms. The van der Waals surface area contributed by atoms with Crippen molar-refractivity contribution in [3.63, 3.8) is 0 Å². The van der Waals surface area contributed by atoms with E-state index in [-0.39, 0.29) is 18.8 Å². The molecule has 0 saturated heterocycles. The first-order valence-corrected chi connectivity index (χ1v) is 8.44. The summed E-state index contributed by atoms with van der Waals surface area (Å²) in [4.78, 5) is 28.1. The predicted octanol–water partition coefficient (Wildman–Crippen LogP) is 2.22. The quantitative estimate of drug-likeness (QED) is 0.335. The molecule has 0 fully saturated rings. The zero-order chi connectivity index (χ0) is 17.5. The van der Waals surface area contributed by atoms with E-state index < -0.39 is 24.9 Å². The normalized spacial score (nSPS) is 12.0. The highest BCUT2D eigenvalue weighted by Crippen LogP contribution is 2.49. The molecule has 1 rings (SSSR count). The lowest BCUT2D eigenvalue weighted by Gasteiger charge is -2.16. The highest BCUT2D eigenvalue weighted by atomic mass is 31.2. The van der Waals surface area contributed by atoms with E-state index in [4.69, 9.17) is 14.8 Å². The van der Waals surface area contributed by atoms with Crippen molar-refractivity contribution in [2.75, 3.05) is 13.2 Å². The molecule has 0 unspecified atom stereocenters. The molecule has 8 nitrogen and oxygen atoms in total. The van der Waals surface area contributed by atoms with Gasteiger partial charge in [-0.3, -0.25) is 9.36 Å². The molecular formula is C14H19N2O6P. The summed E-state index contributed by atoms with van der Waals surface area (Å²) < 4.78 is 22.4. The number of carbonyl (C=O) groups is 2. The van der Waals surface area contributed by atoms with Crippen LogP contribution in [0.2, 0.25) is 0 Å². The SMILES string of the molecule is CCOP(=O)(OCC)/C(=N/OC(=O)c1ccccc1C)C(N)=O. The van der Waals surface area contributed by atoms with Gasteiger partial charge in [0.25, 0.3) is 11.4 Å². The van der Waals surface area contributed by atoms with Crippen molar-refractivity contribution in [2.45, 2.75) is 20.8 Å². The number of benzene rings is 1. The Kier molecular flexibility index (Phi) is 7.09. The first-order chi connectivity index (χ1) is 10.9. The number of hydrogen-bond donors (Lipinski definition) is 1. The molecule has 0 radical (unpaired) electrons. The van der Waals surface area contributed by atoms with E-state index in [0.717, 1.165) is 0 Å². The molecule has 0 aliphatic heterocycles. The van der Waals surface area contributed by atoms with E-state index >= 15 is 0 Å². The number of primary amides is 1. The summed E-state index contributed by atoms with van der Waals surface area (Å²) >= 11 is 0. The van der Waals surface area contributed by atoms with Gasteiger partial charge in [0.2, 0.25) is 0 Å². The Morgan fingerprint density at radius 2 is 1.74 bits per heavy atom. The Hall–Kier alpha value is -2.02. The molecule has 0 aliphatic rings. The smallest absolute Gasteiger partial charge is 0.364 e. The van der Waals surface area contributed by atoms with Crippen LogP contribution in [0, 0.1) is 6.92 Å². The summed E-state index contributed by atoms with van der Waals surface area (Å²) in [6, 6.07) is 6.64. The average Bonchev–Trinajstić information content (AvgIpc) is 2.47. The lowest BCUT2D eigenvalue weighted by molar-refractivity contribution is -0.111. The molecule has 1 aromatic carbocycles. The van der Waals surface area contributed by atoms with Crippen LogP contribution in [-0.2, 0) is 23.2 Å². The van der Waals surface area contributed by atoms with E-state index in [1.807, 2.05) is 0 Å². The molecule has 126 valence electrons. The Bertz CT molecular complexity index is 648. The summed E-state index contributed by atoms with van der Waals surface area (Å²) in [7, 11) is -4.05. The van der Waals surface area contributed by atoms with Crippen molar-refractivity contribution in [1.29, 1.82) is 0 Å². The zero-order valence-corrected chi connectivity index (χ0v) is 14.0. The van der Waals surface area contributed by atoms with Gasteiger partial charge in [-0.05, 0) is 32.4 Å². The van der Waals surface area contributed by atoms with E-state index in [2.05, 4.69) is 9.99 Å². The summed E-state index contributed by atoms with van der Waals surface area (Å²) in [5.41, 5.74) is 5.29. The van der Waals surface area contributed by atoms with Crippen LogP contribution in [0.15, 0.2) is 29.4 Å². The van der Waals surface area contributed by atoms with E-state index in [1.165, 1.54) is 6.07 Å². The first-order valence-electron chi connectivity index (χ1n) is 6.90. The zero-order valence-electron chi connectivity index (χ0n) is 13.1. The van der Waals surface area contributed by atoms with Crippen LogP contribution < -0.4 is 5.73 Å². The maximum atomic E-state index is 12.5. The van der Waals surface area contributed by atoms with Gasteiger partial charge in [0, 0.05) is 0 Å². The maximum Gasteiger partial charge on any atom is 0.388 e. The second kappa shape index (κ2) is 8.57. The Labute approximate surface area is 134 Å². The van der Waals surface area contributed by atoms with Crippen LogP contribution in [-0.4, -0.2) is 30.5 Å². The molecule has 0 aromatic heterocycles. The van der Waals surface area contributed by atoms with Crippen LogP contribution >= 0.6 is 7.60 Å². The molecule has 0 spiro atoms. The predicted molar refractivity (Wildman–Crippen MR) is 84.1 cm³/mol. The number of amides is 1. The second-order valence-corrected chi connectivity index (χ2v) is 6.24. The Morgan fingerprint density at radius 3 is 2.22 bits per heavy atom. The van der Waals surface area contributed by atoms with Crippen LogP contribution in [0.4, 0.5) is 0 Å². The van der Waals surface area contributed by atoms with Crippen molar-refractivity contribution in [3.8, 4) is 0 Å². The number of carbonyl (C=O) groups excluding carboxylic acids is 2. The molecule has 0 atom stereocenters. The van der Waals surface area contributed by atoms with Gasteiger partial charge in [-0.25, -0.2) is 4.79 Å². The Morgan fingerprint density at radius 1 is 1.17 bits per heavy atom. The molecular weight excluding hydrogens is 323 g/mol. The minimum absolute atomic E-state index is 0.00465. The van der Waals surface area contributed by atoms with E-state index in [9.17, 15) is 14.2 Å². The summed E-state index contributed by atoms with van der Waals surface area (Å²) in [6.45, 7) is 4.82. The van der Waals surface area contributed by atoms with Gasteiger partial charge in [0.05, 0.1) is 18.8 Å². The maximum absolute atomic E-state index is 12.5. The largest absolute Gasteiger partial charge is 0.388 e. The van der Waals surface area contributed by atoms with Crippen LogP contribution in [0.5, 0.6) is 0 Å². The highest BCUT2D eigenvalue weighted by molar-refractivity contribution is 7.75. The van der Waals surface area contributed by atoms with Gasteiger partial charge in [0.1, 0.15) is 0 Å². The summed E-state index contributed by atoms with van der Waals surface area (Å²) in [5, 5.41) is 3.33. The minimum atomic E-state index is -4.05. The Balaban J connectivity index is 3.08. The number of nitrogens with zero attached hydrogens (tertiary/aromatic N) is 1. The number of rotatable bonds is 8. The third-order valence-electron chi connectivity index (χ3n) is 2.66. The number of nitrogens with two attached hydrogens (primary N) is 1. The van der Waals surface area contributed by atoms with Gasteiger partial charge in [-0.1, -0.05) is 23.4 Å². The molecule has 0 saturated carbocycles. The topological polar surface area (TPSA) is 117 Å². The van der Waals surface area contributed by atoms with Crippen molar-refractivity contribution >= 4 is 24.9 Å². The van der Waals surface area contributed by atoms with Gasteiger partial charge in [-0.2, -0.15) is 0 Å². The number of aryl methyl sites for hydroxylation is 1. The van der Waals surface area contributed by atoms with Crippen LogP contribution in [0.3, 0.4) is 0 Å². The summed E-state index contributed by atoms with van der Waals surface area (Å²) in [6.07, 6.45) is 0. The fraction of sp³-hybridized carbons (Fsp3) is 0.357. The standard InChI is InChI=1S/C14H19N2O6P/c1-4-20-23(19,21-5-2)13(12(15)17)16-22-14(18)11-9-7-6-8-10(11)3/h6-9H,4-5H2,1-3H3,(H2,15,17)/b16-13+.